The number of imidazole rings is 1. The Hall–Kier alpha value is -3.61. The highest BCUT2D eigenvalue weighted by atomic mass is 16.5. The first-order chi connectivity index (χ1) is 15.3. The topological polar surface area (TPSA) is 62.2 Å². The lowest BCUT2D eigenvalue weighted by atomic mass is 10.1. The van der Waals surface area contributed by atoms with Crippen LogP contribution in [0.2, 0.25) is 0 Å². The van der Waals surface area contributed by atoms with E-state index < -0.39 is 0 Å². The number of aromatic nitrogens is 6. The third-order valence-electron chi connectivity index (χ3n) is 6.09. The molecule has 5 aromatic rings. The van der Waals surface area contributed by atoms with E-state index in [0.29, 0.717) is 18.4 Å². The van der Waals surface area contributed by atoms with Gasteiger partial charge in [0.05, 0.1) is 24.1 Å². The van der Waals surface area contributed by atoms with E-state index in [4.69, 9.17) is 9.84 Å². The fraction of sp³-hybridized carbons (Fsp3) is 0.292. The van der Waals surface area contributed by atoms with E-state index in [1.807, 2.05) is 33.7 Å². The van der Waals surface area contributed by atoms with Gasteiger partial charge in [0.1, 0.15) is 17.8 Å². The maximum Gasteiger partial charge on any atom is 0.238 e. The summed E-state index contributed by atoms with van der Waals surface area (Å²) in [5.74, 6) is 1.40. The van der Waals surface area contributed by atoms with Crippen LogP contribution in [0.5, 0.6) is 5.88 Å². The van der Waals surface area contributed by atoms with E-state index in [-0.39, 0.29) is 0 Å². The molecule has 31 heavy (non-hydrogen) atoms. The molecular weight excluding hydrogens is 388 g/mol. The van der Waals surface area contributed by atoms with Gasteiger partial charge in [0, 0.05) is 42.3 Å². The third kappa shape index (κ3) is 3.26. The number of pyridine rings is 2. The second-order valence-corrected chi connectivity index (χ2v) is 8.29. The Kier molecular flexibility index (Phi) is 4.26. The number of rotatable bonds is 7. The number of ether oxygens (including phenoxy) is 1. The van der Waals surface area contributed by atoms with Crippen molar-refractivity contribution in [3.8, 4) is 17.3 Å². The molecule has 0 bridgehead atoms. The van der Waals surface area contributed by atoms with E-state index in [9.17, 15) is 0 Å². The van der Waals surface area contributed by atoms with Crippen molar-refractivity contribution in [1.29, 1.82) is 0 Å². The van der Waals surface area contributed by atoms with E-state index in [0.717, 1.165) is 40.9 Å². The molecule has 1 saturated carbocycles. The van der Waals surface area contributed by atoms with Crippen molar-refractivity contribution in [3.63, 3.8) is 0 Å². The van der Waals surface area contributed by atoms with Crippen molar-refractivity contribution in [1.82, 2.24) is 28.7 Å². The van der Waals surface area contributed by atoms with Gasteiger partial charge >= 0.3 is 0 Å². The highest BCUT2D eigenvalue weighted by molar-refractivity contribution is 5.90. The van der Waals surface area contributed by atoms with Crippen LogP contribution in [0.3, 0.4) is 0 Å². The molecule has 0 aliphatic heterocycles. The summed E-state index contributed by atoms with van der Waals surface area (Å²) in [5, 5.41) is 6.05. The molecule has 0 unspecified atom stereocenters. The van der Waals surface area contributed by atoms with E-state index >= 15 is 0 Å². The Bertz CT molecular complexity index is 1360. The van der Waals surface area contributed by atoms with Gasteiger partial charge in [0.25, 0.3) is 0 Å². The molecule has 7 nitrogen and oxygen atoms in total. The first kappa shape index (κ1) is 18.2. The molecule has 0 amide bonds. The lowest BCUT2D eigenvalue weighted by molar-refractivity contribution is 0.289. The summed E-state index contributed by atoms with van der Waals surface area (Å²) in [7, 11) is 0. The summed E-state index contributed by atoms with van der Waals surface area (Å²) in [4.78, 5) is 8.69. The lowest BCUT2D eigenvalue weighted by Crippen LogP contribution is -2.09. The average Bonchev–Trinajstić information content (AvgIpc) is 3.17. The molecule has 0 saturated heterocycles. The molecule has 0 radical (unpaired) electrons. The average molecular weight is 412 g/mol. The maximum atomic E-state index is 6.17. The maximum absolute atomic E-state index is 6.17. The molecule has 156 valence electrons. The van der Waals surface area contributed by atoms with Gasteiger partial charge in [-0.05, 0) is 49.9 Å². The van der Waals surface area contributed by atoms with Gasteiger partial charge in [-0.1, -0.05) is 6.07 Å². The Balaban J connectivity index is 1.44. The SMILES string of the molecule is Cc1c(-c2cc3ccnc(OCCn4ccnc4)c3n2CC2CC2)nn2ccccc12. The molecule has 0 spiro atoms. The minimum absolute atomic E-state index is 0.541. The van der Waals surface area contributed by atoms with Crippen LogP contribution in [-0.2, 0) is 13.1 Å². The van der Waals surface area contributed by atoms with Crippen molar-refractivity contribution in [2.45, 2.75) is 32.9 Å². The Morgan fingerprint density at radius 2 is 2.06 bits per heavy atom. The standard InChI is InChI=1S/C24H24N6O/c1-17-20-4-2-3-10-30(20)27-22(17)21-14-19-7-8-26-24(23(19)29(21)15-18-5-6-18)31-13-12-28-11-9-25-16-28/h2-4,7-11,14,16,18H,5-6,12-13,15H2,1H3. The van der Waals surface area contributed by atoms with E-state index in [2.05, 4.69) is 45.7 Å². The van der Waals surface area contributed by atoms with Gasteiger partial charge in [-0.25, -0.2) is 14.5 Å². The molecule has 6 rings (SSSR count). The van der Waals surface area contributed by atoms with Gasteiger partial charge in [-0.2, -0.15) is 5.10 Å². The first-order valence-corrected chi connectivity index (χ1v) is 10.8. The predicted molar refractivity (Wildman–Crippen MR) is 119 cm³/mol. The van der Waals surface area contributed by atoms with Gasteiger partial charge in [0.2, 0.25) is 5.88 Å². The smallest absolute Gasteiger partial charge is 0.238 e. The van der Waals surface area contributed by atoms with Crippen LogP contribution in [-0.4, -0.2) is 35.3 Å². The molecule has 1 aliphatic rings. The summed E-state index contributed by atoms with van der Waals surface area (Å²) in [6.45, 7) is 4.40. The van der Waals surface area contributed by atoms with Crippen LogP contribution in [0, 0.1) is 12.8 Å². The van der Waals surface area contributed by atoms with Gasteiger partial charge in [-0.3, -0.25) is 0 Å². The molecule has 7 heteroatoms. The summed E-state index contributed by atoms with van der Waals surface area (Å²) in [5.41, 5.74) is 5.54. The molecular formula is C24H24N6O. The number of aryl methyl sites for hydroxylation is 1. The van der Waals surface area contributed by atoms with E-state index in [1.165, 1.54) is 18.4 Å². The summed E-state index contributed by atoms with van der Waals surface area (Å²) in [6.07, 6.45) is 11.9. The number of nitrogens with zero attached hydrogens (tertiary/aromatic N) is 6. The molecule has 1 aliphatic carbocycles. The molecule has 5 heterocycles. The minimum Gasteiger partial charge on any atom is -0.474 e. The van der Waals surface area contributed by atoms with Crippen molar-refractivity contribution < 1.29 is 4.74 Å². The predicted octanol–water partition coefficient (Wildman–Crippen LogP) is 4.34. The van der Waals surface area contributed by atoms with Crippen molar-refractivity contribution in [2.75, 3.05) is 6.61 Å². The number of hydrogen-bond donors (Lipinski definition) is 0. The fourth-order valence-electron chi connectivity index (χ4n) is 4.27. The van der Waals surface area contributed by atoms with Crippen LogP contribution in [0.4, 0.5) is 0 Å². The Morgan fingerprint density at radius 3 is 2.87 bits per heavy atom. The van der Waals surface area contributed by atoms with Crippen molar-refractivity contribution >= 4 is 16.4 Å². The van der Waals surface area contributed by atoms with Gasteiger partial charge in [0.15, 0.2) is 0 Å². The molecule has 0 atom stereocenters. The van der Waals surface area contributed by atoms with Crippen LogP contribution in [0.15, 0.2) is 61.4 Å². The Morgan fingerprint density at radius 1 is 1.13 bits per heavy atom. The van der Waals surface area contributed by atoms with Crippen LogP contribution >= 0.6 is 0 Å². The summed E-state index contributed by atoms with van der Waals surface area (Å²) >= 11 is 0. The van der Waals surface area contributed by atoms with Gasteiger partial charge < -0.3 is 13.9 Å². The van der Waals surface area contributed by atoms with Crippen LogP contribution in [0.25, 0.3) is 27.8 Å². The normalized spacial score (nSPS) is 14.0. The fourth-order valence-corrected chi connectivity index (χ4v) is 4.27. The largest absolute Gasteiger partial charge is 0.474 e. The quantitative estimate of drug-likeness (QED) is 0.399. The highest BCUT2D eigenvalue weighted by Crippen LogP contribution is 2.39. The van der Waals surface area contributed by atoms with E-state index in [1.54, 1.807) is 12.5 Å². The van der Waals surface area contributed by atoms with Crippen LogP contribution < -0.4 is 4.74 Å². The zero-order valence-corrected chi connectivity index (χ0v) is 17.5. The summed E-state index contributed by atoms with van der Waals surface area (Å²) in [6, 6.07) is 10.5. The monoisotopic (exact) mass is 412 g/mol. The minimum atomic E-state index is 0.541. The zero-order valence-electron chi connectivity index (χ0n) is 17.5. The van der Waals surface area contributed by atoms with Crippen LogP contribution in [0.1, 0.15) is 18.4 Å². The third-order valence-corrected chi connectivity index (χ3v) is 6.09. The molecule has 1 fully saturated rings. The molecule has 0 N–H and O–H groups in total. The van der Waals surface area contributed by atoms with Crippen molar-refractivity contribution in [2.24, 2.45) is 5.92 Å². The zero-order chi connectivity index (χ0) is 20.8. The molecule has 0 aromatic carbocycles. The number of fused-ring (bicyclic) bond motifs is 2. The second-order valence-electron chi connectivity index (χ2n) is 8.29. The first-order valence-electron chi connectivity index (χ1n) is 10.8. The lowest BCUT2D eigenvalue weighted by Gasteiger charge is -2.13. The van der Waals surface area contributed by atoms with Crippen molar-refractivity contribution in [3.05, 3.63) is 67.0 Å². The second kappa shape index (κ2) is 7.27. The molecule has 5 aromatic heterocycles. The summed E-state index contributed by atoms with van der Waals surface area (Å²) < 4.78 is 12.5. The Labute approximate surface area is 179 Å². The van der Waals surface area contributed by atoms with Gasteiger partial charge in [-0.15, -0.1) is 0 Å². The number of hydrogen-bond acceptors (Lipinski definition) is 4. The highest BCUT2D eigenvalue weighted by Gasteiger charge is 2.27.